The summed E-state index contributed by atoms with van der Waals surface area (Å²) in [6, 6.07) is -0.0961. The summed E-state index contributed by atoms with van der Waals surface area (Å²) in [7, 11) is 0. The highest BCUT2D eigenvalue weighted by Gasteiger charge is 2.20. The third-order valence-corrected chi connectivity index (χ3v) is 3.51. The van der Waals surface area contributed by atoms with E-state index in [1.165, 1.54) is 0 Å². The number of hydrogen-bond donors (Lipinski definition) is 2. The third kappa shape index (κ3) is 6.34. The standard InChI is InChI=1S/C14H25N3O2S/c1-11-8-15-12(20-11)9-16-13(19)17(6-5-7-18)10-14(2,3)4/h8,18H,5-7,9-10H2,1-4H3,(H,16,19). The van der Waals surface area contributed by atoms with Crippen molar-refractivity contribution in [3.63, 3.8) is 0 Å². The molecule has 0 aliphatic carbocycles. The largest absolute Gasteiger partial charge is 0.396 e. The van der Waals surface area contributed by atoms with Crippen molar-refractivity contribution in [2.24, 2.45) is 5.41 Å². The predicted octanol–water partition coefficient (Wildman–Crippen LogP) is 2.39. The van der Waals surface area contributed by atoms with Crippen LogP contribution in [0.3, 0.4) is 0 Å². The molecule has 0 saturated carbocycles. The molecule has 114 valence electrons. The number of amides is 2. The zero-order valence-electron chi connectivity index (χ0n) is 12.8. The second-order valence-corrected chi connectivity index (χ2v) is 7.40. The van der Waals surface area contributed by atoms with Crippen LogP contribution in [0.4, 0.5) is 4.79 Å². The number of aryl methyl sites for hydroxylation is 1. The topological polar surface area (TPSA) is 65.5 Å². The van der Waals surface area contributed by atoms with Gasteiger partial charge in [-0.1, -0.05) is 20.8 Å². The number of nitrogens with zero attached hydrogens (tertiary/aromatic N) is 2. The smallest absolute Gasteiger partial charge is 0.317 e. The molecule has 5 nitrogen and oxygen atoms in total. The first-order chi connectivity index (χ1) is 9.31. The molecule has 0 saturated heterocycles. The number of carbonyl (C=O) groups excluding carboxylic acids is 1. The highest BCUT2D eigenvalue weighted by atomic mass is 32.1. The number of hydrogen-bond acceptors (Lipinski definition) is 4. The van der Waals surface area contributed by atoms with Crippen molar-refractivity contribution in [2.45, 2.75) is 40.7 Å². The Bertz CT molecular complexity index is 426. The molecule has 0 atom stereocenters. The highest BCUT2D eigenvalue weighted by molar-refractivity contribution is 7.11. The summed E-state index contributed by atoms with van der Waals surface area (Å²) in [4.78, 5) is 19.3. The van der Waals surface area contributed by atoms with Gasteiger partial charge in [0.2, 0.25) is 0 Å². The molecule has 0 spiro atoms. The minimum atomic E-state index is -0.0961. The molecular formula is C14H25N3O2S. The monoisotopic (exact) mass is 299 g/mol. The van der Waals surface area contributed by atoms with E-state index in [9.17, 15) is 4.79 Å². The van der Waals surface area contributed by atoms with Gasteiger partial charge in [0.05, 0.1) is 6.54 Å². The van der Waals surface area contributed by atoms with Crippen LogP contribution >= 0.6 is 11.3 Å². The summed E-state index contributed by atoms with van der Waals surface area (Å²) in [6.07, 6.45) is 2.41. The average Bonchev–Trinajstić information content (AvgIpc) is 2.76. The molecule has 20 heavy (non-hydrogen) atoms. The summed E-state index contributed by atoms with van der Waals surface area (Å²) in [6.45, 7) is 10.1. The Kier molecular flexibility index (Phi) is 6.42. The van der Waals surface area contributed by atoms with Crippen molar-refractivity contribution in [1.82, 2.24) is 15.2 Å². The Morgan fingerprint density at radius 2 is 2.20 bits per heavy atom. The fourth-order valence-corrected chi connectivity index (χ4v) is 2.56. The van der Waals surface area contributed by atoms with Crippen molar-refractivity contribution >= 4 is 17.4 Å². The lowest BCUT2D eigenvalue weighted by Gasteiger charge is -2.30. The van der Waals surface area contributed by atoms with E-state index in [1.54, 1.807) is 16.2 Å². The maximum absolute atomic E-state index is 12.2. The van der Waals surface area contributed by atoms with Crippen molar-refractivity contribution in [1.29, 1.82) is 0 Å². The van der Waals surface area contributed by atoms with Crippen LogP contribution in [0.25, 0.3) is 0 Å². The number of urea groups is 1. The summed E-state index contributed by atoms with van der Waals surface area (Å²) >= 11 is 1.59. The van der Waals surface area contributed by atoms with E-state index in [0.717, 1.165) is 9.88 Å². The normalized spacial score (nSPS) is 11.4. The SMILES string of the molecule is Cc1cnc(CNC(=O)N(CCCO)CC(C)(C)C)s1. The van der Waals surface area contributed by atoms with Crippen LogP contribution in [0.2, 0.25) is 0 Å². The minimum Gasteiger partial charge on any atom is -0.396 e. The quantitative estimate of drug-likeness (QED) is 0.847. The van der Waals surface area contributed by atoms with Crippen LogP contribution in [0, 0.1) is 12.3 Å². The number of aliphatic hydroxyl groups is 1. The fourth-order valence-electron chi connectivity index (χ4n) is 1.83. The van der Waals surface area contributed by atoms with Crippen LogP contribution in [0.1, 0.15) is 37.1 Å². The van der Waals surface area contributed by atoms with Gasteiger partial charge in [0, 0.05) is 30.8 Å². The Hall–Kier alpha value is -1.14. The molecule has 0 fully saturated rings. The van der Waals surface area contributed by atoms with Crippen molar-refractivity contribution in [3.05, 3.63) is 16.1 Å². The van der Waals surface area contributed by atoms with Crippen LogP contribution in [0.15, 0.2) is 6.20 Å². The average molecular weight is 299 g/mol. The van der Waals surface area contributed by atoms with Gasteiger partial charge in [0.15, 0.2) is 0 Å². The molecule has 2 amide bonds. The lowest BCUT2D eigenvalue weighted by atomic mass is 9.96. The number of aromatic nitrogens is 1. The first-order valence-corrected chi connectivity index (χ1v) is 7.68. The van der Waals surface area contributed by atoms with Crippen molar-refractivity contribution < 1.29 is 9.90 Å². The molecule has 0 radical (unpaired) electrons. The molecule has 1 rings (SSSR count). The molecule has 1 aromatic heterocycles. The number of thiazole rings is 1. The van der Waals surface area contributed by atoms with Gasteiger partial charge in [-0.2, -0.15) is 0 Å². The fraction of sp³-hybridized carbons (Fsp3) is 0.714. The summed E-state index contributed by atoms with van der Waals surface area (Å²) in [5.41, 5.74) is 0.0323. The second-order valence-electron chi connectivity index (χ2n) is 6.08. The van der Waals surface area contributed by atoms with E-state index in [-0.39, 0.29) is 18.1 Å². The first kappa shape index (κ1) is 16.9. The van der Waals surface area contributed by atoms with Gasteiger partial charge in [0.25, 0.3) is 0 Å². The van der Waals surface area contributed by atoms with Gasteiger partial charge in [0.1, 0.15) is 5.01 Å². The van der Waals surface area contributed by atoms with Crippen LogP contribution in [0.5, 0.6) is 0 Å². The van der Waals surface area contributed by atoms with Gasteiger partial charge in [-0.15, -0.1) is 11.3 Å². The maximum Gasteiger partial charge on any atom is 0.317 e. The van der Waals surface area contributed by atoms with Crippen LogP contribution in [-0.2, 0) is 6.54 Å². The molecule has 1 heterocycles. The molecule has 0 aliphatic rings. The molecule has 6 heteroatoms. The minimum absolute atomic E-state index is 0.0323. The Morgan fingerprint density at radius 1 is 1.50 bits per heavy atom. The molecule has 0 aliphatic heterocycles. The maximum atomic E-state index is 12.2. The molecule has 1 aromatic rings. The zero-order chi connectivity index (χ0) is 15.2. The van der Waals surface area contributed by atoms with Gasteiger partial charge in [-0.05, 0) is 18.8 Å². The predicted molar refractivity (Wildman–Crippen MR) is 81.8 cm³/mol. The number of rotatable bonds is 6. The molecular weight excluding hydrogens is 274 g/mol. The Balaban J connectivity index is 2.53. The Morgan fingerprint density at radius 3 is 2.70 bits per heavy atom. The lowest BCUT2D eigenvalue weighted by molar-refractivity contribution is 0.164. The summed E-state index contributed by atoms with van der Waals surface area (Å²) < 4.78 is 0. The Labute approximate surface area is 125 Å². The molecule has 0 bridgehead atoms. The van der Waals surface area contributed by atoms with E-state index < -0.39 is 0 Å². The summed E-state index contributed by atoms with van der Waals surface area (Å²) in [5, 5.41) is 12.7. The van der Waals surface area contributed by atoms with Gasteiger partial charge in [-0.3, -0.25) is 0 Å². The van der Waals surface area contributed by atoms with E-state index in [2.05, 4.69) is 31.1 Å². The van der Waals surface area contributed by atoms with Gasteiger partial charge < -0.3 is 15.3 Å². The number of nitrogens with one attached hydrogen (secondary N) is 1. The molecule has 2 N–H and O–H groups in total. The van der Waals surface area contributed by atoms with Crippen molar-refractivity contribution in [3.8, 4) is 0 Å². The van der Waals surface area contributed by atoms with E-state index >= 15 is 0 Å². The van der Waals surface area contributed by atoms with E-state index in [0.29, 0.717) is 26.1 Å². The van der Waals surface area contributed by atoms with E-state index in [4.69, 9.17) is 5.11 Å². The molecule has 0 aromatic carbocycles. The first-order valence-electron chi connectivity index (χ1n) is 6.87. The number of carbonyl (C=O) groups is 1. The van der Waals surface area contributed by atoms with Gasteiger partial charge in [-0.25, -0.2) is 9.78 Å². The second kappa shape index (κ2) is 7.59. The van der Waals surface area contributed by atoms with Gasteiger partial charge >= 0.3 is 6.03 Å². The molecule has 0 unspecified atom stereocenters. The van der Waals surface area contributed by atoms with Crippen LogP contribution < -0.4 is 5.32 Å². The number of aliphatic hydroxyl groups excluding tert-OH is 1. The van der Waals surface area contributed by atoms with Crippen LogP contribution in [-0.4, -0.2) is 40.7 Å². The third-order valence-electron chi connectivity index (χ3n) is 2.60. The lowest BCUT2D eigenvalue weighted by Crippen LogP contribution is -2.44. The summed E-state index contributed by atoms with van der Waals surface area (Å²) in [5.74, 6) is 0. The highest BCUT2D eigenvalue weighted by Crippen LogP contribution is 2.16. The van der Waals surface area contributed by atoms with Crippen molar-refractivity contribution in [2.75, 3.05) is 19.7 Å². The zero-order valence-corrected chi connectivity index (χ0v) is 13.6. The van der Waals surface area contributed by atoms with E-state index in [1.807, 2.05) is 13.1 Å².